The molecular weight excluding hydrogens is 351 g/mol. The van der Waals surface area contributed by atoms with Gasteiger partial charge in [0.2, 0.25) is 0 Å². The molecule has 0 aliphatic carbocycles. The molecule has 2 rings (SSSR count). The first-order valence-electron chi connectivity index (χ1n) is 7.47. The van der Waals surface area contributed by atoms with Gasteiger partial charge in [-0.05, 0) is 30.2 Å². The van der Waals surface area contributed by atoms with E-state index in [0.717, 1.165) is 5.56 Å². The predicted molar refractivity (Wildman–Crippen MR) is 93.8 cm³/mol. The van der Waals surface area contributed by atoms with E-state index in [1.54, 1.807) is 37.3 Å². The molecule has 0 radical (unpaired) electrons. The molecule has 0 atom stereocenters. The largest absolute Gasteiger partial charge is 0.487 e. The Bertz CT molecular complexity index is 744. The van der Waals surface area contributed by atoms with Crippen molar-refractivity contribution >= 4 is 29.2 Å². The molecule has 0 aliphatic rings. The lowest BCUT2D eigenvalue weighted by molar-refractivity contribution is -0.134. The highest BCUT2D eigenvalue weighted by molar-refractivity contribution is 6.34. The lowest BCUT2D eigenvalue weighted by Crippen LogP contribution is -2.10. The molecule has 0 saturated heterocycles. The zero-order valence-corrected chi connectivity index (χ0v) is 14.9. The molecule has 0 aromatic heterocycles. The lowest BCUT2D eigenvalue weighted by Gasteiger charge is -2.15. The molecule has 2 aromatic rings. The van der Waals surface area contributed by atoms with Crippen LogP contribution in [0.15, 0.2) is 30.3 Å². The Labute approximate surface area is 150 Å². The number of hydrogen-bond donors (Lipinski definition) is 1. The van der Waals surface area contributed by atoms with Crippen molar-refractivity contribution in [2.45, 2.75) is 33.5 Å². The van der Waals surface area contributed by atoms with Gasteiger partial charge >= 0.3 is 5.97 Å². The minimum Gasteiger partial charge on any atom is -0.487 e. The van der Waals surface area contributed by atoms with Crippen LogP contribution in [0, 0.1) is 6.92 Å². The summed E-state index contributed by atoms with van der Waals surface area (Å²) in [5.74, 6) is 0.429. The number of aliphatic hydroxyl groups is 1. The molecule has 0 unspecified atom stereocenters. The number of carbonyl (C=O) groups excluding carboxylic acids is 1. The number of aliphatic hydroxyl groups excluding tert-OH is 1. The Balaban J connectivity index is 2.28. The quantitative estimate of drug-likeness (QED) is 0.593. The topological polar surface area (TPSA) is 55.8 Å². The number of benzene rings is 2. The van der Waals surface area contributed by atoms with Gasteiger partial charge in [0.15, 0.2) is 0 Å². The number of rotatable bonds is 6. The first-order valence-corrected chi connectivity index (χ1v) is 8.22. The van der Waals surface area contributed by atoms with E-state index in [1.807, 2.05) is 6.92 Å². The number of hydrogen-bond acceptors (Lipinski definition) is 4. The van der Waals surface area contributed by atoms with Gasteiger partial charge < -0.3 is 14.6 Å². The van der Waals surface area contributed by atoms with E-state index >= 15 is 0 Å². The number of aryl methyl sites for hydroxylation is 1. The highest BCUT2D eigenvalue weighted by Gasteiger charge is 2.14. The summed E-state index contributed by atoms with van der Waals surface area (Å²) in [4.78, 5) is 11.6. The molecule has 1 N–H and O–H groups in total. The lowest BCUT2D eigenvalue weighted by atomic mass is 10.1. The van der Waals surface area contributed by atoms with Crippen molar-refractivity contribution in [1.82, 2.24) is 0 Å². The van der Waals surface area contributed by atoms with Crippen LogP contribution in [0.4, 0.5) is 0 Å². The molecule has 128 valence electrons. The van der Waals surface area contributed by atoms with Crippen molar-refractivity contribution in [3.63, 3.8) is 0 Å². The fourth-order valence-electron chi connectivity index (χ4n) is 2.10. The van der Waals surface area contributed by atoms with Gasteiger partial charge in [0.05, 0.1) is 11.6 Å². The van der Waals surface area contributed by atoms with Crippen LogP contribution < -0.4 is 9.47 Å². The zero-order valence-electron chi connectivity index (χ0n) is 13.4. The molecule has 0 bridgehead atoms. The molecule has 4 nitrogen and oxygen atoms in total. The van der Waals surface area contributed by atoms with Crippen LogP contribution in [0.5, 0.6) is 11.5 Å². The second-order valence-electron chi connectivity index (χ2n) is 5.20. The predicted octanol–water partition coefficient (Wildman–Crippen LogP) is 4.69. The Morgan fingerprint density at radius 1 is 1.17 bits per heavy atom. The Morgan fingerprint density at radius 2 is 1.92 bits per heavy atom. The highest BCUT2D eigenvalue weighted by Crippen LogP contribution is 2.32. The van der Waals surface area contributed by atoms with Crippen molar-refractivity contribution in [2.24, 2.45) is 0 Å². The highest BCUT2D eigenvalue weighted by atomic mass is 35.5. The first kappa shape index (κ1) is 18.6. The van der Waals surface area contributed by atoms with E-state index in [2.05, 4.69) is 0 Å². The Kier molecular flexibility index (Phi) is 6.49. The molecule has 2 aromatic carbocycles. The molecule has 0 heterocycles. The maximum atomic E-state index is 11.6. The second kappa shape index (κ2) is 8.38. The van der Waals surface area contributed by atoms with Gasteiger partial charge in [-0.1, -0.05) is 42.3 Å². The summed E-state index contributed by atoms with van der Waals surface area (Å²) in [6.45, 7) is 3.45. The van der Waals surface area contributed by atoms with E-state index in [0.29, 0.717) is 32.7 Å². The smallest absolute Gasteiger partial charge is 0.310 e. The SMILES string of the molecule is CCC(=O)Oc1cccc(CO)c1COc1cc(Cl)c(C)cc1Cl. The summed E-state index contributed by atoms with van der Waals surface area (Å²) >= 11 is 12.3. The maximum absolute atomic E-state index is 11.6. The van der Waals surface area contributed by atoms with Crippen LogP contribution in [0.25, 0.3) is 0 Å². The monoisotopic (exact) mass is 368 g/mol. The van der Waals surface area contributed by atoms with Crippen molar-refractivity contribution in [2.75, 3.05) is 0 Å². The zero-order chi connectivity index (χ0) is 17.7. The normalized spacial score (nSPS) is 10.5. The molecule has 6 heteroatoms. The van der Waals surface area contributed by atoms with E-state index in [1.165, 1.54) is 0 Å². The summed E-state index contributed by atoms with van der Waals surface area (Å²) < 4.78 is 11.0. The Morgan fingerprint density at radius 3 is 2.58 bits per heavy atom. The third-order valence-corrected chi connectivity index (χ3v) is 4.20. The van der Waals surface area contributed by atoms with Gasteiger partial charge in [-0.25, -0.2) is 0 Å². The molecule has 0 aliphatic heterocycles. The second-order valence-corrected chi connectivity index (χ2v) is 6.01. The summed E-state index contributed by atoms with van der Waals surface area (Å²) in [6.07, 6.45) is 0.253. The van der Waals surface area contributed by atoms with Crippen LogP contribution in [0.3, 0.4) is 0 Å². The third kappa shape index (κ3) is 4.41. The molecule has 0 fully saturated rings. The van der Waals surface area contributed by atoms with Gasteiger partial charge in [-0.15, -0.1) is 0 Å². The first-order chi connectivity index (χ1) is 11.5. The molecule has 0 amide bonds. The molecule has 0 saturated carbocycles. The van der Waals surface area contributed by atoms with E-state index in [4.69, 9.17) is 32.7 Å². The van der Waals surface area contributed by atoms with E-state index < -0.39 is 0 Å². The molecular formula is C18H18Cl2O4. The maximum Gasteiger partial charge on any atom is 0.310 e. The summed E-state index contributed by atoms with van der Waals surface area (Å²) in [5.41, 5.74) is 2.06. The van der Waals surface area contributed by atoms with Crippen LogP contribution in [0.1, 0.15) is 30.0 Å². The number of ether oxygens (including phenoxy) is 2. The summed E-state index contributed by atoms with van der Waals surface area (Å²) in [6, 6.07) is 8.47. The van der Waals surface area contributed by atoms with E-state index in [9.17, 15) is 9.90 Å². The Hall–Kier alpha value is -1.75. The fraction of sp³-hybridized carbons (Fsp3) is 0.278. The number of esters is 1. The fourth-order valence-corrected chi connectivity index (χ4v) is 2.53. The van der Waals surface area contributed by atoms with Gasteiger partial charge in [-0.3, -0.25) is 4.79 Å². The van der Waals surface area contributed by atoms with Crippen molar-refractivity contribution in [1.29, 1.82) is 0 Å². The van der Waals surface area contributed by atoms with Crippen molar-refractivity contribution in [3.8, 4) is 11.5 Å². The van der Waals surface area contributed by atoms with Gasteiger partial charge in [0.25, 0.3) is 0 Å². The average molecular weight is 369 g/mol. The van der Waals surface area contributed by atoms with Crippen LogP contribution in [0.2, 0.25) is 10.0 Å². The molecule has 0 spiro atoms. The standard InChI is InChI=1S/C18H18Cl2O4/c1-3-18(22)24-16-6-4-5-12(9-21)13(16)10-23-17-8-14(19)11(2)7-15(17)20/h4-8,21H,3,9-10H2,1-2H3. The van der Waals surface area contributed by atoms with Crippen molar-refractivity contribution < 1.29 is 19.4 Å². The van der Waals surface area contributed by atoms with Crippen LogP contribution >= 0.6 is 23.2 Å². The van der Waals surface area contributed by atoms with Gasteiger partial charge in [0, 0.05) is 23.1 Å². The average Bonchev–Trinajstić information content (AvgIpc) is 2.57. The minimum absolute atomic E-state index is 0.0855. The van der Waals surface area contributed by atoms with Gasteiger partial charge in [0.1, 0.15) is 18.1 Å². The number of halogens is 2. The molecule has 24 heavy (non-hydrogen) atoms. The third-order valence-electron chi connectivity index (χ3n) is 3.50. The number of carbonyl (C=O) groups is 1. The minimum atomic E-state index is -0.359. The van der Waals surface area contributed by atoms with Crippen molar-refractivity contribution in [3.05, 3.63) is 57.1 Å². The van der Waals surface area contributed by atoms with Crippen LogP contribution in [-0.2, 0) is 18.0 Å². The van der Waals surface area contributed by atoms with Crippen LogP contribution in [-0.4, -0.2) is 11.1 Å². The van der Waals surface area contributed by atoms with E-state index in [-0.39, 0.29) is 25.6 Å². The van der Waals surface area contributed by atoms with Gasteiger partial charge in [-0.2, -0.15) is 0 Å². The summed E-state index contributed by atoms with van der Waals surface area (Å²) in [5, 5.41) is 10.5. The summed E-state index contributed by atoms with van der Waals surface area (Å²) in [7, 11) is 0.